The molecule has 1 atom stereocenters. The van der Waals surface area contributed by atoms with Gasteiger partial charge in [0.2, 0.25) is 0 Å². The van der Waals surface area contributed by atoms with Gasteiger partial charge in [0, 0.05) is 0 Å². The van der Waals surface area contributed by atoms with Crippen LogP contribution < -0.4 is 0 Å². The van der Waals surface area contributed by atoms with E-state index < -0.39 is 16.7 Å². The molecule has 54 valence electrons. The highest BCUT2D eigenvalue weighted by atomic mass is 32.8. The van der Waals surface area contributed by atoms with Gasteiger partial charge < -0.3 is 0 Å². The van der Waals surface area contributed by atoms with Crippen molar-refractivity contribution in [2.75, 3.05) is 12.9 Å². The molecule has 0 amide bonds. The monoisotopic (exact) mass is 171 g/mol. The summed E-state index contributed by atoms with van der Waals surface area (Å²) in [6.07, 6.45) is 0.876. The Balaban J connectivity index is 4.08. The fraction of sp³-hybridized carbons (Fsp3) is 1.00. The molecular weight excluding hydrogens is 163 g/mol. The fourth-order valence-electron chi connectivity index (χ4n) is 0.201. The minimum atomic E-state index is -3.48. The van der Waals surface area contributed by atoms with Crippen molar-refractivity contribution in [2.24, 2.45) is 0 Å². The molecule has 0 bridgehead atoms. The summed E-state index contributed by atoms with van der Waals surface area (Å²) in [5, 5.41) is 0. The fourth-order valence-corrected chi connectivity index (χ4v) is 1.49. The normalized spacial score (nSPS) is 13.3. The summed E-state index contributed by atoms with van der Waals surface area (Å²) >= 11 is 0. The highest BCUT2D eigenvalue weighted by molar-refractivity contribution is 8.44. The Morgan fingerprint density at radius 1 is 1.56 bits per heavy atom. The molecule has 9 heavy (non-hydrogen) atoms. The van der Waals surface area contributed by atoms with Crippen LogP contribution in [0.3, 0.4) is 0 Å². The summed E-state index contributed by atoms with van der Waals surface area (Å²) < 4.78 is 35.4. The largest absolute Gasteiger partial charge is 0.639 e. The molecule has 6 heteroatoms. The second-order valence-electron chi connectivity index (χ2n) is 1.37. The van der Waals surface area contributed by atoms with E-state index in [4.69, 9.17) is 0 Å². The second-order valence-corrected chi connectivity index (χ2v) is 6.43. The van der Waals surface area contributed by atoms with E-state index in [1.54, 1.807) is 6.92 Å². The zero-order valence-corrected chi connectivity index (χ0v) is 6.91. The van der Waals surface area contributed by atoms with Crippen LogP contribution in [0.15, 0.2) is 0 Å². The quantitative estimate of drug-likeness (QED) is 0.587. The van der Waals surface area contributed by atoms with Crippen LogP contribution in [0.5, 0.6) is 0 Å². The lowest BCUT2D eigenvalue weighted by Crippen LogP contribution is -1.90. The average molecular weight is 171 g/mol. The van der Waals surface area contributed by atoms with E-state index >= 15 is 0 Å². The lowest BCUT2D eigenvalue weighted by molar-refractivity contribution is 0.359. The zero-order valence-electron chi connectivity index (χ0n) is 5.20. The molecule has 0 saturated heterocycles. The number of hydrogen-bond donors (Lipinski definition) is 0. The third kappa shape index (κ3) is 3.56. The van der Waals surface area contributed by atoms with E-state index in [2.05, 4.69) is 4.52 Å². The van der Waals surface area contributed by atoms with Gasteiger partial charge in [-0.15, -0.1) is 4.52 Å². The molecule has 0 fully saturated rings. The summed E-state index contributed by atoms with van der Waals surface area (Å²) in [6.45, 7) is 1.74. The van der Waals surface area contributed by atoms with Crippen LogP contribution in [0.1, 0.15) is 6.92 Å². The Labute approximate surface area is 54.7 Å². The van der Waals surface area contributed by atoms with Crippen LogP contribution in [0.2, 0.25) is 0 Å². The highest BCUT2D eigenvalue weighted by Gasteiger charge is 2.31. The number of rotatable bonds is 3. The summed E-state index contributed by atoms with van der Waals surface area (Å²) in [5.41, 5.74) is 0. The first kappa shape index (κ1) is 9.01. The Morgan fingerprint density at radius 2 is 2.00 bits per heavy atom. The molecule has 0 aliphatic heterocycles. The van der Waals surface area contributed by atoms with E-state index in [0.717, 1.165) is 6.26 Å². The number of hydrogen-bond acceptors (Lipinski definition) is 4. The third-order valence-corrected chi connectivity index (χ3v) is 3.46. The maximum absolute atomic E-state index is 10.4. The first-order valence-corrected chi connectivity index (χ1v) is 5.96. The summed E-state index contributed by atoms with van der Waals surface area (Å²) in [5.74, 6) is 0. The maximum Gasteiger partial charge on any atom is 0.639 e. The first-order chi connectivity index (χ1) is 3.98. The van der Waals surface area contributed by atoms with Crippen molar-refractivity contribution in [2.45, 2.75) is 6.92 Å². The Kier molecular flexibility index (Phi) is 3.25. The molecule has 0 N–H and O–H groups in total. The van der Waals surface area contributed by atoms with Crippen molar-refractivity contribution in [1.29, 1.82) is 0 Å². The molecule has 0 aromatic rings. The molecule has 0 rings (SSSR count). The van der Waals surface area contributed by atoms with Gasteiger partial charge in [-0.3, -0.25) is 0 Å². The van der Waals surface area contributed by atoms with Gasteiger partial charge in [0.05, 0.1) is 6.26 Å². The van der Waals surface area contributed by atoms with Crippen molar-refractivity contribution in [3.05, 3.63) is 0 Å². The van der Waals surface area contributed by atoms with Crippen molar-refractivity contribution < 1.29 is 17.5 Å². The van der Waals surface area contributed by atoms with Gasteiger partial charge in [0.15, 0.2) is 0 Å². The standard InChI is InChI=1S/C3H8O4PS/c1-3-7-8(4)9(2,5)6/h3H2,1-2H3/q+1. The van der Waals surface area contributed by atoms with Crippen molar-refractivity contribution in [3.63, 3.8) is 0 Å². The van der Waals surface area contributed by atoms with Crippen molar-refractivity contribution in [1.82, 2.24) is 0 Å². The predicted octanol–water partition coefficient (Wildman–Crippen LogP) is 0.725. The molecule has 0 aliphatic rings. The minimum Gasteiger partial charge on any atom is -0.176 e. The van der Waals surface area contributed by atoms with Crippen LogP contribution in [0.25, 0.3) is 0 Å². The van der Waals surface area contributed by atoms with Gasteiger partial charge in [-0.2, -0.15) is 8.42 Å². The highest BCUT2D eigenvalue weighted by Crippen LogP contribution is 2.28. The first-order valence-electron chi connectivity index (χ1n) is 2.29. The molecule has 0 saturated carbocycles. The molecular formula is C3H8O4PS+. The summed E-state index contributed by atoms with van der Waals surface area (Å²) in [7, 11) is -5.98. The lowest BCUT2D eigenvalue weighted by Gasteiger charge is -1.78. The Bertz CT molecular complexity index is 194. The van der Waals surface area contributed by atoms with Gasteiger partial charge in [-0.25, -0.2) is 0 Å². The van der Waals surface area contributed by atoms with E-state index in [-0.39, 0.29) is 6.61 Å². The van der Waals surface area contributed by atoms with E-state index in [9.17, 15) is 13.0 Å². The van der Waals surface area contributed by atoms with E-state index in [0.29, 0.717) is 0 Å². The van der Waals surface area contributed by atoms with Crippen LogP contribution >= 0.6 is 7.23 Å². The maximum atomic E-state index is 10.4. The summed E-state index contributed by atoms with van der Waals surface area (Å²) in [6, 6.07) is 0. The summed E-state index contributed by atoms with van der Waals surface area (Å²) in [4.78, 5) is 0. The molecule has 1 unspecified atom stereocenters. The molecule has 0 spiro atoms. The van der Waals surface area contributed by atoms with Gasteiger partial charge >= 0.3 is 16.7 Å². The van der Waals surface area contributed by atoms with Gasteiger partial charge in [0.1, 0.15) is 6.61 Å². The molecule has 0 aliphatic carbocycles. The Morgan fingerprint density at radius 3 is 2.11 bits per heavy atom. The van der Waals surface area contributed by atoms with Gasteiger partial charge in [0.25, 0.3) is 0 Å². The lowest BCUT2D eigenvalue weighted by atomic mass is 10.9. The topological polar surface area (TPSA) is 60.4 Å². The van der Waals surface area contributed by atoms with Crippen LogP contribution in [-0.2, 0) is 18.5 Å². The molecule has 4 nitrogen and oxygen atoms in total. The molecule has 0 radical (unpaired) electrons. The van der Waals surface area contributed by atoms with Gasteiger partial charge in [-0.1, -0.05) is 0 Å². The van der Waals surface area contributed by atoms with Crippen LogP contribution in [0, 0.1) is 0 Å². The predicted molar refractivity (Wildman–Crippen MR) is 34.1 cm³/mol. The molecule has 0 heterocycles. The average Bonchev–Trinajstić information content (AvgIpc) is 1.64. The molecule has 0 aromatic carbocycles. The smallest absolute Gasteiger partial charge is 0.176 e. The molecule has 0 aromatic heterocycles. The SMILES string of the molecule is CCO[P+](=O)S(C)(=O)=O. The third-order valence-electron chi connectivity index (χ3n) is 0.505. The van der Waals surface area contributed by atoms with Crippen molar-refractivity contribution >= 4 is 16.7 Å². The van der Waals surface area contributed by atoms with Crippen LogP contribution in [-0.4, -0.2) is 21.3 Å². The minimum absolute atomic E-state index is 0.155. The van der Waals surface area contributed by atoms with E-state index in [1.165, 1.54) is 0 Å². The van der Waals surface area contributed by atoms with Crippen molar-refractivity contribution in [3.8, 4) is 0 Å². The zero-order chi connectivity index (χ0) is 7.49. The van der Waals surface area contributed by atoms with Gasteiger partial charge in [-0.05, 0) is 11.5 Å². The van der Waals surface area contributed by atoms with E-state index in [1.807, 2.05) is 0 Å². The second kappa shape index (κ2) is 3.25. The van der Waals surface area contributed by atoms with Crippen LogP contribution in [0.4, 0.5) is 0 Å². The Hall–Kier alpha value is 0.01000.